The topological polar surface area (TPSA) is 110 Å². The summed E-state index contributed by atoms with van der Waals surface area (Å²) < 4.78 is 35.4. The predicted molar refractivity (Wildman–Crippen MR) is 160 cm³/mol. The van der Waals surface area contributed by atoms with E-state index < -0.39 is 10.0 Å². The van der Waals surface area contributed by atoms with Crippen molar-refractivity contribution in [1.29, 1.82) is 0 Å². The number of hydrogen-bond acceptors (Lipinski definition) is 7. The minimum absolute atomic E-state index is 0.0532. The zero-order valence-corrected chi connectivity index (χ0v) is 25.4. The van der Waals surface area contributed by atoms with Crippen molar-refractivity contribution in [2.24, 2.45) is 17.3 Å². The highest BCUT2D eigenvalue weighted by Crippen LogP contribution is 2.35. The smallest absolute Gasteiger partial charge is 0.264 e. The quantitative estimate of drug-likeness (QED) is 0.229. The molecule has 9 heteroatoms. The molecular formula is C31H42N4O4S. The Morgan fingerprint density at radius 1 is 0.950 bits per heavy atom. The molecule has 3 rings (SSSR count). The van der Waals surface area contributed by atoms with E-state index in [9.17, 15) is 13.2 Å². The minimum atomic E-state index is -4.07. The number of aldehydes is 1. The van der Waals surface area contributed by atoms with Gasteiger partial charge in [0.2, 0.25) is 11.8 Å². The fraction of sp³-hybridized carbons (Fsp3) is 0.452. The number of sulfonamides is 1. The van der Waals surface area contributed by atoms with Crippen LogP contribution in [-0.4, -0.2) is 44.9 Å². The number of ether oxygens (including phenoxy) is 1. The monoisotopic (exact) mass is 566 g/mol. The van der Waals surface area contributed by atoms with E-state index in [1.807, 2.05) is 39.1 Å². The van der Waals surface area contributed by atoms with Crippen molar-refractivity contribution in [3.05, 3.63) is 65.2 Å². The number of hydrogen-bond donors (Lipinski definition) is 2. The highest BCUT2D eigenvalue weighted by molar-refractivity contribution is 7.92. The van der Waals surface area contributed by atoms with Crippen LogP contribution in [0.5, 0.6) is 5.88 Å². The number of nitrogens with one attached hydrogen (secondary N) is 2. The highest BCUT2D eigenvalue weighted by Gasteiger charge is 2.33. The van der Waals surface area contributed by atoms with Crippen molar-refractivity contribution in [2.75, 3.05) is 24.9 Å². The second-order valence-electron chi connectivity index (χ2n) is 11.5. The van der Waals surface area contributed by atoms with E-state index >= 15 is 0 Å². The number of aromatic nitrogens is 2. The van der Waals surface area contributed by atoms with Crippen LogP contribution < -0.4 is 14.8 Å². The van der Waals surface area contributed by atoms with Gasteiger partial charge in [-0.2, -0.15) is 4.98 Å². The molecule has 3 aromatic rings. The maximum Gasteiger partial charge on any atom is 0.264 e. The minimum Gasteiger partial charge on any atom is -0.477 e. The van der Waals surface area contributed by atoms with E-state index in [1.54, 1.807) is 12.1 Å². The SMILES string of the molecule is CNCC(COc1cc(-c2c(C)cccc2C)nc(NS(=O)(=O)c2cccc(C=O)c2)n1)(CC(C)C)CC(C)C. The van der Waals surface area contributed by atoms with E-state index in [2.05, 4.69) is 47.7 Å². The van der Waals surface area contributed by atoms with Crippen LogP contribution in [0.1, 0.15) is 62.0 Å². The third-order valence-electron chi connectivity index (χ3n) is 6.73. The molecule has 0 fully saturated rings. The predicted octanol–water partition coefficient (Wildman–Crippen LogP) is 6.05. The van der Waals surface area contributed by atoms with Crippen molar-refractivity contribution < 1.29 is 17.9 Å². The molecule has 0 saturated heterocycles. The number of rotatable bonds is 14. The van der Waals surface area contributed by atoms with Gasteiger partial charge in [-0.1, -0.05) is 58.0 Å². The molecule has 0 bridgehead atoms. The molecule has 0 aliphatic heterocycles. The third-order valence-corrected chi connectivity index (χ3v) is 8.06. The number of benzene rings is 2. The maximum absolute atomic E-state index is 13.3. The highest BCUT2D eigenvalue weighted by atomic mass is 32.2. The molecule has 0 radical (unpaired) electrons. The molecule has 0 aliphatic carbocycles. The molecule has 1 aromatic heterocycles. The Labute approximate surface area is 239 Å². The maximum atomic E-state index is 13.3. The molecule has 0 saturated carbocycles. The van der Waals surface area contributed by atoms with Crippen LogP contribution in [0.2, 0.25) is 0 Å². The van der Waals surface area contributed by atoms with Gasteiger partial charge in [0.25, 0.3) is 10.0 Å². The first-order valence-corrected chi connectivity index (χ1v) is 15.2. The van der Waals surface area contributed by atoms with Gasteiger partial charge in [-0.15, -0.1) is 0 Å². The second-order valence-corrected chi connectivity index (χ2v) is 13.2. The lowest BCUT2D eigenvalue weighted by atomic mass is 9.74. The molecule has 0 spiro atoms. The molecular weight excluding hydrogens is 524 g/mol. The summed E-state index contributed by atoms with van der Waals surface area (Å²) in [4.78, 5) is 20.2. The Balaban J connectivity index is 2.07. The zero-order valence-electron chi connectivity index (χ0n) is 24.6. The standard InChI is InChI=1S/C31H42N4O4S/c1-21(2)16-31(19-32-7,17-22(3)4)20-39-28-15-27(29-23(5)10-8-11-24(29)6)33-30(34-28)35-40(37,38)26-13-9-12-25(14-26)18-36/h8-15,18,21-22,32H,16-17,19-20H2,1-7H3,(H,33,34,35). The molecule has 40 heavy (non-hydrogen) atoms. The average Bonchev–Trinajstić information content (AvgIpc) is 2.86. The van der Waals surface area contributed by atoms with Gasteiger partial charge in [0.1, 0.15) is 6.29 Å². The molecule has 216 valence electrons. The molecule has 0 atom stereocenters. The van der Waals surface area contributed by atoms with Gasteiger partial charge in [0.05, 0.1) is 17.2 Å². The Kier molecular flexibility index (Phi) is 10.4. The summed E-state index contributed by atoms with van der Waals surface area (Å²) >= 11 is 0. The van der Waals surface area contributed by atoms with Gasteiger partial charge >= 0.3 is 0 Å². The molecule has 2 aromatic carbocycles. The summed E-state index contributed by atoms with van der Waals surface area (Å²) in [7, 11) is -2.12. The molecule has 1 heterocycles. The number of aryl methyl sites for hydroxylation is 2. The first-order valence-electron chi connectivity index (χ1n) is 13.7. The van der Waals surface area contributed by atoms with Crippen molar-refractivity contribution in [2.45, 2.75) is 59.3 Å². The number of nitrogens with zero attached hydrogens (tertiary/aromatic N) is 2. The van der Waals surface area contributed by atoms with Crippen molar-refractivity contribution in [3.8, 4) is 17.1 Å². The van der Waals surface area contributed by atoms with Gasteiger partial charge < -0.3 is 10.1 Å². The van der Waals surface area contributed by atoms with E-state index in [-0.39, 0.29) is 21.8 Å². The fourth-order valence-electron chi connectivity index (χ4n) is 5.56. The van der Waals surface area contributed by atoms with Crippen molar-refractivity contribution in [1.82, 2.24) is 15.3 Å². The summed E-state index contributed by atoms with van der Waals surface area (Å²) in [6.45, 7) is 14.0. The molecule has 2 N–H and O–H groups in total. The summed E-state index contributed by atoms with van der Waals surface area (Å²) in [5.41, 5.74) is 3.59. The van der Waals surface area contributed by atoms with E-state index in [0.29, 0.717) is 36.3 Å². The number of carbonyl (C=O) groups excluding carboxylic acids is 1. The Morgan fingerprint density at radius 3 is 2.15 bits per heavy atom. The van der Waals surface area contributed by atoms with Gasteiger partial charge in [0, 0.05) is 29.2 Å². The Morgan fingerprint density at radius 2 is 1.57 bits per heavy atom. The lowest BCUT2D eigenvalue weighted by molar-refractivity contribution is 0.0899. The molecule has 0 unspecified atom stereocenters. The number of carbonyl (C=O) groups is 1. The van der Waals surface area contributed by atoms with Crippen LogP contribution in [0.15, 0.2) is 53.4 Å². The first-order chi connectivity index (χ1) is 18.9. The van der Waals surface area contributed by atoms with Gasteiger partial charge in [-0.25, -0.2) is 18.1 Å². The summed E-state index contributed by atoms with van der Waals surface area (Å²) in [6, 6.07) is 13.5. The van der Waals surface area contributed by atoms with Crippen molar-refractivity contribution in [3.63, 3.8) is 0 Å². The van der Waals surface area contributed by atoms with Crippen LogP contribution in [0.3, 0.4) is 0 Å². The molecule has 0 amide bonds. The lowest BCUT2D eigenvalue weighted by Crippen LogP contribution is -2.40. The summed E-state index contributed by atoms with van der Waals surface area (Å²) in [5.74, 6) is 1.13. The van der Waals surface area contributed by atoms with Crippen LogP contribution in [0.25, 0.3) is 11.3 Å². The summed E-state index contributed by atoms with van der Waals surface area (Å²) in [6.07, 6.45) is 2.54. The average molecular weight is 567 g/mol. The Hall–Kier alpha value is -3.30. The first kappa shape index (κ1) is 31.2. The van der Waals surface area contributed by atoms with Crippen LogP contribution >= 0.6 is 0 Å². The summed E-state index contributed by atoms with van der Waals surface area (Å²) in [5, 5.41) is 3.35. The molecule has 0 aliphatic rings. The third kappa shape index (κ3) is 8.11. The second kappa shape index (κ2) is 13.4. The van der Waals surface area contributed by atoms with Crippen LogP contribution in [0, 0.1) is 31.1 Å². The van der Waals surface area contributed by atoms with E-state index in [0.717, 1.165) is 36.1 Å². The van der Waals surface area contributed by atoms with Gasteiger partial charge in [-0.05, 0) is 68.8 Å². The van der Waals surface area contributed by atoms with Crippen LogP contribution in [-0.2, 0) is 10.0 Å². The van der Waals surface area contributed by atoms with Crippen molar-refractivity contribution >= 4 is 22.3 Å². The van der Waals surface area contributed by atoms with E-state index in [1.165, 1.54) is 18.2 Å². The lowest BCUT2D eigenvalue weighted by Gasteiger charge is -2.36. The number of anilines is 1. The molecule has 8 nitrogen and oxygen atoms in total. The van der Waals surface area contributed by atoms with E-state index in [4.69, 9.17) is 4.74 Å². The van der Waals surface area contributed by atoms with Crippen LogP contribution in [0.4, 0.5) is 5.95 Å². The Bertz CT molecular complexity index is 1390. The van der Waals surface area contributed by atoms with Gasteiger partial charge in [-0.3, -0.25) is 4.79 Å². The normalized spacial score (nSPS) is 12.1. The zero-order chi connectivity index (χ0) is 29.5. The van der Waals surface area contributed by atoms with Gasteiger partial charge in [0.15, 0.2) is 0 Å². The fourth-order valence-corrected chi connectivity index (χ4v) is 6.55. The largest absolute Gasteiger partial charge is 0.477 e.